The Labute approximate surface area is 192 Å². The quantitative estimate of drug-likeness (QED) is 0.585. The van der Waals surface area contributed by atoms with Gasteiger partial charge in [0.25, 0.3) is 0 Å². The maximum Gasteiger partial charge on any atom is 0.223 e. The molecule has 2 aromatic carbocycles. The molecule has 174 valence electrons. The van der Waals surface area contributed by atoms with Gasteiger partial charge in [-0.2, -0.15) is 0 Å². The average molecular weight is 459 g/mol. The highest BCUT2D eigenvalue weighted by Crippen LogP contribution is 2.23. The number of aryl methyl sites for hydroxylation is 1. The number of rotatable bonds is 10. The van der Waals surface area contributed by atoms with Gasteiger partial charge in [0.1, 0.15) is 5.75 Å². The minimum absolute atomic E-state index is 0.00693. The summed E-state index contributed by atoms with van der Waals surface area (Å²) >= 11 is 0. The van der Waals surface area contributed by atoms with Crippen molar-refractivity contribution in [1.82, 2.24) is 9.62 Å². The fourth-order valence-electron chi connectivity index (χ4n) is 4.06. The van der Waals surface area contributed by atoms with E-state index >= 15 is 0 Å². The monoisotopic (exact) mass is 458 g/mol. The third-order valence-electron chi connectivity index (χ3n) is 5.98. The Hall–Kier alpha value is -2.38. The molecule has 1 aliphatic heterocycles. The number of hydrogen-bond acceptors (Lipinski definition) is 4. The lowest BCUT2D eigenvalue weighted by atomic mass is 9.96. The molecule has 0 bridgehead atoms. The van der Waals surface area contributed by atoms with Crippen LogP contribution in [0.2, 0.25) is 0 Å². The fourth-order valence-corrected chi connectivity index (χ4v) is 5.60. The van der Waals surface area contributed by atoms with E-state index in [1.54, 1.807) is 4.31 Å². The molecular formula is C25H34N2O4S. The van der Waals surface area contributed by atoms with Gasteiger partial charge in [0.2, 0.25) is 15.9 Å². The molecule has 6 nitrogen and oxygen atoms in total. The van der Waals surface area contributed by atoms with Crippen LogP contribution in [0.1, 0.15) is 50.3 Å². The van der Waals surface area contributed by atoms with Crippen LogP contribution in [0.5, 0.6) is 5.75 Å². The van der Waals surface area contributed by atoms with Gasteiger partial charge in [-0.25, -0.2) is 12.7 Å². The van der Waals surface area contributed by atoms with Crippen molar-refractivity contribution in [2.75, 3.05) is 25.4 Å². The van der Waals surface area contributed by atoms with Crippen molar-refractivity contribution in [1.29, 1.82) is 0 Å². The number of benzene rings is 2. The van der Waals surface area contributed by atoms with Crippen molar-refractivity contribution in [2.45, 2.75) is 45.6 Å². The molecule has 0 unspecified atom stereocenters. The smallest absolute Gasteiger partial charge is 0.223 e. The van der Waals surface area contributed by atoms with Crippen LogP contribution in [-0.2, 0) is 21.2 Å². The molecule has 32 heavy (non-hydrogen) atoms. The first-order valence-electron chi connectivity index (χ1n) is 11.4. The van der Waals surface area contributed by atoms with Crippen LogP contribution >= 0.6 is 0 Å². The van der Waals surface area contributed by atoms with Gasteiger partial charge < -0.3 is 10.1 Å². The fraction of sp³-hybridized carbons (Fsp3) is 0.480. The third-order valence-corrected chi connectivity index (χ3v) is 7.94. The second-order valence-corrected chi connectivity index (χ2v) is 10.4. The van der Waals surface area contributed by atoms with Gasteiger partial charge in [-0.05, 0) is 62.8 Å². The molecular weight excluding hydrogens is 424 g/mol. The average Bonchev–Trinajstić information content (AvgIpc) is 2.80. The molecule has 0 aromatic heterocycles. The first-order valence-corrected chi connectivity index (χ1v) is 13.0. The molecule has 1 heterocycles. The molecule has 0 saturated carbocycles. The van der Waals surface area contributed by atoms with E-state index < -0.39 is 10.0 Å². The van der Waals surface area contributed by atoms with Crippen molar-refractivity contribution in [3.8, 4) is 5.75 Å². The Bertz CT molecular complexity index is 953. The molecule has 1 atom stereocenters. The van der Waals surface area contributed by atoms with Crippen LogP contribution in [0.3, 0.4) is 0 Å². The normalized spacial score (nSPS) is 16.4. The number of piperidine rings is 1. The number of nitrogens with one attached hydrogen (secondary N) is 1. The maximum absolute atomic E-state index is 12.7. The lowest BCUT2D eigenvalue weighted by Crippen LogP contribution is -2.44. The van der Waals surface area contributed by atoms with E-state index in [1.165, 1.54) is 0 Å². The number of carbonyl (C=O) groups excluding carboxylic acids is 1. The summed E-state index contributed by atoms with van der Waals surface area (Å²) in [5.74, 6) is 0.795. The lowest BCUT2D eigenvalue weighted by Gasteiger charge is -2.31. The summed E-state index contributed by atoms with van der Waals surface area (Å²) in [6, 6.07) is 17.5. The van der Waals surface area contributed by atoms with Gasteiger partial charge in [-0.15, -0.1) is 0 Å². The summed E-state index contributed by atoms with van der Waals surface area (Å²) in [5.41, 5.74) is 2.17. The molecule has 3 rings (SSSR count). The van der Waals surface area contributed by atoms with Crippen molar-refractivity contribution in [3.63, 3.8) is 0 Å². The molecule has 0 aliphatic carbocycles. The first-order chi connectivity index (χ1) is 15.4. The SMILES string of the molecule is CCOc1ccc([C@H](C)NC(=O)C2CCN(S(=O)(=O)CCCc3ccccc3)CC2)cc1. The Morgan fingerprint density at radius 1 is 1.09 bits per heavy atom. The minimum Gasteiger partial charge on any atom is -0.494 e. The molecule has 1 saturated heterocycles. The van der Waals surface area contributed by atoms with Gasteiger partial charge >= 0.3 is 0 Å². The molecule has 2 aromatic rings. The topological polar surface area (TPSA) is 75.7 Å². The molecule has 7 heteroatoms. The highest BCUT2D eigenvalue weighted by molar-refractivity contribution is 7.89. The van der Waals surface area contributed by atoms with Crippen LogP contribution in [0.4, 0.5) is 0 Å². The lowest BCUT2D eigenvalue weighted by molar-refractivity contribution is -0.126. The summed E-state index contributed by atoms with van der Waals surface area (Å²) in [6.07, 6.45) is 2.47. The number of carbonyl (C=O) groups is 1. The molecule has 1 N–H and O–H groups in total. The van der Waals surface area contributed by atoms with Crippen LogP contribution in [0, 0.1) is 5.92 Å². The summed E-state index contributed by atoms with van der Waals surface area (Å²) in [7, 11) is -3.29. The molecule has 0 spiro atoms. The minimum atomic E-state index is -3.29. The summed E-state index contributed by atoms with van der Waals surface area (Å²) in [5, 5.41) is 3.08. The van der Waals surface area contributed by atoms with Crippen LogP contribution in [0.25, 0.3) is 0 Å². The second kappa shape index (κ2) is 11.5. The van der Waals surface area contributed by atoms with E-state index in [0.29, 0.717) is 39.0 Å². The Morgan fingerprint density at radius 2 is 1.75 bits per heavy atom. The summed E-state index contributed by atoms with van der Waals surface area (Å²) < 4.78 is 32.4. The Balaban J connectivity index is 1.44. The third kappa shape index (κ3) is 6.81. The Morgan fingerprint density at radius 3 is 2.38 bits per heavy atom. The molecule has 1 amide bonds. The largest absolute Gasteiger partial charge is 0.494 e. The first kappa shape index (κ1) is 24.3. The van der Waals surface area contributed by atoms with E-state index in [1.807, 2.05) is 68.4 Å². The summed E-state index contributed by atoms with van der Waals surface area (Å²) in [6.45, 7) is 5.33. The van der Waals surface area contributed by atoms with Crippen molar-refractivity contribution >= 4 is 15.9 Å². The van der Waals surface area contributed by atoms with Crippen molar-refractivity contribution < 1.29 is 17.9 Å². The van der Waals surface area contributed by atoms with E-state index in [9.17, 15) is 13.2 Å². The second-order valence-electron chi connectivity index (χ2n) is 8.31. The van der Waals surface area contributed by atoms with Gasteiger partial charge in [0.05, 0.1) is 18.4 Å². The zero-order chi connectivity index (χ0) is 23.0. The van der Waals surface area contributed by atoms with Gasteiger partial charge in [-0.1, -0.05) is 42.5 Å². The Kier molecular flexibility index (Phi) is 8.70. The number of amides is 1. The molecule has 1 fully saturated rings. The van der Waals surface area contributed by atoms with Crippen molar-refractivity contribution in [3.05, 3.63) is 65.7 Å². The number of sulfonamides is 1. The zero-order valence-electron chi connectivity index (χ0n) is 19.0. The van der Waals surface area contributed by atoms with Gasteiger partial charge in [-0.3, -0.25) is 4.79 Å². The zero-order valence-corrected chi connectivity index (χ0v) is 19.8. The van der Waals surface area contributed by atoms with Crippen LogP contribution in [-0.4, -0.2) is 44.1 Å². The highest BCUT2D eigenvalue weighted by Gasteiger charge is 2.31. The number of ether oxygens (including phenoxy) is 1. The maximum atomic E-state index is 12.7. The predicted octanol–water partition coefficient (Wildman–Crippen LogP) is 3.94. The van der Waals surface area contributed by atoms with Crippen LogP contribution < -0.4 is 10.1 Å². The van der Waals surface area contributed by atoms with Gasteiger partial charge in [0.15, 0.2) is 0 Å². The van der Waals surface area contributed by atoms with E-state index in [4.69, 9.17) is 4.74 Å². The van der Waals surface area contributed by atoms with Crippen LogP contribution in [0.15, 0.2) is 54.6 Å². The number of nitrogens with zero attached hydrogens (tertiary/aromatic N) is 1. The highest BCUT2D eigenvalue weighted by atomic mass is 32.2. The van der Waals surface area contributed by atoms with E-state index in [2.05, 4.69) is 5.32 Å². The summed E-state index contributed by atoms with van der Waals surface area (Å²) in [4.78, 5) is 12.7. The number of hydrogen-bond donors (Lipinski definition) is 1. The molecule has 1 aliphatic rings. The molecule has 0 radical (unpaired) electrons. The van der Waals surface area contributed by atoms with Crippen molar-refractivity contribution in [2.24, 2.45) is 5.92 Å². The van der Waals surface area contributed by atoms with Gasteiger partial charge in [0, 0.05) is 19.0 Å². The van der Waals surface area contributed by atoms with E-state index in [0.717, 1.165) is 23.3 Å². The predicted molar refractivity (Wildman–Crippen MR) is 127 cm³/mol. The van der Waals surface area contributed by atoms with E-state index in [-0.39, 0.29) is 23.6 Å². The standard InChI is InChI=1S/C25H34N2O4S/c1-3-31-24-13-11-22(12-14-24)20(2)26-25(28)23-15-17-27(18-16-23)32(29,30)19-7-10-21-8-5-4-6-9-21/h4-6,8-9,11-14,20,23H,3,7,10,15-19H2,1-2H3,(H,26,28)/t20-/m0/s1.